The smallest absolute Gasteiger partial charge is 0.133 e. The van der Waals surface area contributed by atoms with E-state index >= 15 is 0 Å². The maximum absolute atomic E-state index is 8.92. The first-order chi connectivity index (χ1) is 10.1. The average Bonchev–Trinajstić information content (AvgIpc) is 2.49. The maximum Gasteiger partial charge on any atom is 0.133 e. The molecule has 0 saturated heterocycles. The highest BCUT2D eigenvalue weighted by molar-refractivity contribution is 9.10. The molecule has 4 heteroatoms. The Bertz CT molecular complexity index is 584. The van der Waals surface area contributed by atoms with Gasteiger partial charge in [0.2, 0.25) is 0 Å². The second-order valence-electron chi connectivity index (χ2n) is 4.93. The van der Waals surface area contributed by atoms with Gasteiger partial charge in [-0.05, 0) is 64.7 Å². The van der Waals surface area contributed by atoms with Crippen molar-refractivity contribution in [3.05, 3.63) is 58.1 Å². The lowest BCUT2D eigenvalue weighted by molar-refractivity contribution is 0.299. The normalized spacial score (nSPS) is 12.0. The number of hydrogen-bond donors (Lipinski definition) is 2. The van der Waals surface area contributed by atoms with E-state index in [1.54, 1.807) is 7.11 Å². The van der Waals surface area contributed by atoms with Crippen molar-refractivity contribution in [1.29, 1.82) is 0 Å². The molecular weight excluding hydrogens is 330 g/mol. The molecule has 112 valence electrons. The number of rotatable bonds is 6. The van der Waals surface area contributed by atoms with E-state index in [2.05, 4.69) is 40.3 Å². The zero-order valence-electron chi connectivity index (χ0n) is 12.3. The minimum absolute atomic E-state index is 0.184. The molecule has 2 aromatic carbocycles. The van der Waals surface area contributed by atoms with Crippen molar-refractivity contribution in [3.8, 4) is 5.75 Å². The Morgan fingerprint density at radius 1 is 1.19 bits per heavy atom. The first kappa shape index (κ1) is 15.9. The minimum atomic E-state index is 0.184. The molecule has 2 N–H and O–H groups in total. The lowest BCUT2D eigenvalue weighted by Gasteiger charge is -2.17. The number of halogens is 1. The average molecular weight is 350 g/mol. The third kappa shape index (κ3) is 4.22. The summed E-state index contributed by atoms with van der Waals surface area (Å²) in [6.07, 6.45) is 0.696. The van der Waals surface area contributed by atoms with Gasteiger partial charge in [-0.25, -0.2) is 0 Å². The van der Waals surface area contributed by atoms with Gasteiger partial charge in [0.25, 0.3) is 0 Å². The number of ether oxygens (including phenoxy) is 1. The van der Waals surface area contributed by atoms with Gasteiger partial charge in [-0.2, -0.15) is 0 Å². The van der Waals surface area contributed by atoms with Crippen molar-refractivity contribution >= 4 is 21.6 Å². The van der Waals surface area contributed by atoms with Gasteiger partial charge in [0, 0.05) is 18.3 Å². The fraction of sp³-hybridized carbons (Fsp3) is 0.294. The van der Waals surface area contributed by atoms with Crippen LogP contribution in [0.15, 0.2) is 46.9 Å². The van der Waals surface area contributed by atoms with Crippen molar-refractivity contribution < 1.29 is 9.84 Å². The predicted molar refractivity (Wildman–Crippen MR) is 90.0 cm³/mol. The summed E-state index contributed by atoms with van der Waals surface area (Å²) in [5.74, 6) is 0.833. The van der Waals surface area contributed by atoms with E-state index in [1.807, 2.05) is 30.3 Å². The van der Waals surface area contributed by atoms with Gasteiger partial charge < -0.3 is 15.2 Å². The summed E-state index contributed by atoms with van der Waals surface area (Å²) in [6.45, 7) is 2.30. The van der Waals surface area contributed by atoms with Crippen LogP contribution in [0.5, 0.6) is 5.75 Å². The van der Waals surface area contributed by atoms with E-state index in [0.29, 0.717) is 6.42 Å². The number of aliphatic hydroxyl groups is 1. The van der Waals surface area contributed by atoms with Gasteiger partial charge >= 0.3 is 0 Å². The third-order valence-electron chi connectivity index (χ3n) is 3.41. The second kappa shape index (κ2) is 7.48. The molecule has 2 rings (SSSR count). The summed E-state index contributed by atoms with van der Waals surface area (Å²) in [7, 11) is 1.66. The molecule has 0 spiro atoms. The third-order valence-corrected chi connectivity index (χ3v) is 4.03. The lowest BCUT2D eigenvalue weighted by Crippen LogP contribution is -2.06. The maximum atomic E-state index is 8.92. The van der Waals surface area contributed by atoms with Gasteiger partial charge in [-0.3, -0.25) is 0 Å². The van der Waals surface area contributed by atoms with E-state index in [9.17, 15) is 0 Å². The Hall–Kier alpha value is -1.52. The molecule has 0 saturated carbocycles. The van der Waals surface area contributed by atoms with Crippen LogP contribution in [0.25, 0.3) is 0 Å². The van der Waals surface area contributed by atoms with E-state index in [-0.39, 0.29) is 12.6 Å². The number of methoxy groups -OCH3 is 1. The molecule has 1 atom stereocenters. The summed E-state index contributed by atoms with van der Waals surface area (Å²) in [6, 6.07) is 14.4. The minimum Gasteiger partial charge on any atom is -0.496 e. The highest BCUT2D eigenvalue weighted by Crippen LogP contribution is 2.29. The van der Waals surface area contributed by atoms with E-state index < -0.39 is 0 Å². The topological polar surface area (TPSA) is 41.5 Å². The Labute approximate surface area is 134 Å². The predicted octanol–water partition coefficient (Wildman–Crippen LogP) is 4.17. The molecule has 0 bridgehead atoms. The van der Waals surface area contributed by atoms with Crippen LogP contribution in [-0.4, -0.2) is 18.8 Å². The van der Waals surface area contributed by atoms with E-state index in [1.165, 1.54) is 5.56 Å². The second-order valence-corrected chi connectivity index (χ2v) is 5.78. The van der Waals surface area contributed by atoms with Crippen LogP contribution in [0.3, 0.4) is 0 Å². The molecule has 0 amide bonds. The monoisotopic (exact) mass is 349 g/mol. The fourth-order valence-electron chi connectivity index (χ4n) is 2.18. The first-order valence-electron chi connectivity index (χ1n) is 6.94. The number of nitrogens with one attached hydrogen (secondary N) is 1. The molecule has 0 radical (unpaired) electrons. The van der Waals surface area contributed by atoms with Crippen LogP contribution in [0.2, 0.25) is 0 Å². The number of hydrogen-bond acceptors (Lipinski definition) is 3. The number of anilines is 1. The molecule has 0 aliphatic carbocycles. The van der Waals surface area contributed by atoms with Crippen LogP contribution >= 0.6 is 15.9 Å². The SMILES string of the molecule is COc1ccc(C(C)Nc2ccc(CCO)cc2)cc1Br. The van der Waals surface area contributed by atoms with Crippen molar-refractivity contribution in [2.45, 2.75) is 19.4 Å². The summed E-state index contributed by atoms with van der Waals surface area (Å²) in [5, 5.41) is 12.4. The van der Waals surface area contributed by atoms with Crippen LogP contribution in [0, 0.1) is 0 Å². The highest BCUT2D eigenvalue weighted by Gasteiger charge is 2.08. The standard InChI is InChI=1S/C17H20BrNO2/c1-12(14-5-8-17(21-2)16(18)11-14)19-15-6-3-13(4-7-15)9-10-20/h3-8,11-12,19-20H,9-10H2,1-2H3. The molecule has 0 aliphatic rings. The van der Waals surface area contributed by atoms with E-state index in [0.717, 1.165) is 21.5 Å². The molecule has 0 heterocycles. The largest absolute Gasteiger partial charge is 0.496 e. The summed E-state index contributed by atoms with van der Waals surface area (Å²) >= 11 is 3.51. The zero-order valence-corrected chi connectivity index (χ0v) is 13.9. The summed E-state index contributed by atoms with van der Waals surface area (Å²) in [4.78, 5) is 0. The van der Waals surface area contributed by atoms with Crippen LogP contribution in [0.1, 0.15) is 24.1 Å². The quantitative estimate of drug-likeness (QED) is 0.822. The molecule has 21 heavy (non-hydrogen) atoms. The number of aliphatic hydroxyl groups excluding tert-OH is 1. The van der Waals surface area contributed by atoms with Crippen molar-refractivity contribution in [2.75, 3.05) is 19.0 Å². The Balaban J connectivity index is 2.06. The van der Waals surface area contributed by atoms with Gasteiger partial charge in [-0.1, -0.05) is 18.2 Å². The molecule has 1 unspecified atom stereocenters. The Morgan fingerprint density at radius 3 is 2.48 bits per heavy atom. The molecule has 0 aromatic heterocycles. The highest BCUT2D eigenvalue weighted by atomic mass is 79.9. The summed E-state index contributed by atoms with van der Waals surface area (Å²) in [5.41, 5.74) is 3.39. The first-order valence-corrected chi connectivity index (χ1v) is 7.73. The van der Waals surface area contributed by atoms with Crippen molar-refractivity contribution in [1.82, 2.24) is 0 Å². The van der Waals surface area contributed by atoms with E-state index in [4.69, 9.17) is 9.84 Å². The Kier molecular flexibility index (Phi) is 5.65. The molecule has 0 aliphatic heterocycles. The van der Waals surface area contributed by atoms with Crippen molar-refractivity contribution in [2.24, 2.45) is 0 Å². The van der Waals surface area contributed by atoms with Crippen LogP contribution in [-0.2, 0) is 6.42 Å². The zero-order chi connectivity index (χ0) is 15.2. The molecule has 0 fully saturated rings. The van der Waals surface area contributed by atoms with Crippen LogP contribution in [0.4, 0.5) is 5.69 Å². The Morgan fingerprint density at radius 2 is 1.90 bits per heavy atom. The van der Waals surface area contributed by atoms with Gasteiger partial charge in [0.15, 0.2) is 0 Å². The van der Waals surface area contributed by atoms with Crippen LogP contribution < -0.4 is 10.1 Å². The lowest BCUT2D eigenvalue weighted by atomic mass is 10.1. The molecular formula is C17H20BrNO2. The molecule has 2 aromatic rings. The summed E-state index contributed by atoms with van der Waals surface area (Å²) < 4.78 is 6.20. The fourth-order valence-corrected chi connectivity index (χ4v) is 2.74. The van der Waals surface area contributed by atoms with Gasteiger partial charge in [-0.15, -0.1) is 0 Å². The van der Waals surface area contributed by atoms with Gasteiger partial charge in [0.05, 0.1) is 11.6 Å². The molecule has 3 nitrogen and oxygen atoms in total. The van der Waals surface area contributed by atoms with Gasteiger partial charge in [0.1, 0.15) is 5.75 Å². The number of benzene rings is 2. The van der Waals surface area contributed by atoms with Crippen molar-refractivity contribution in [3.63, 3.8) is 0 Å².